The number of amides is 1. The highest BCUT2D eigenvalue weighted by molar-refractivity contribution is 6.42. The number of rotatable bonds is 9. The van der Waals surface area contributed by atoms with Gasteiger partial charge in [0.2, 0.25) is 12.7 Å². The van der Waals surface area contributed by atoms with Crippen LogP contribution in [0.4, 0.5) is 0 Å². The van der Waals surface area contributed by atoms with Crippen LogP contribution in [0.1, 0.15) is 41.4 Å². The summed E-state index contributed by atoms with van der Waals surface area (Å²) in [5, 5.41) is 3.86. The molecule has 1 N–H and O–H groups in total. The third-order valence-electron chi connectivity index (χ3n) is 5.08. The van der Waals surface area contributed by atoms with Gasteiger partial charge in [-0.25, -0.2) is 4.98 Å². The predicted octanol–water partition coefficient (Wildman–Crippen LogP) is 5.30. The van der Waals surface area contributed by atoms with Crippen molar-refractivity contribution in [3.8, 4) is 11.5 Å². The number of benzene rings is 2. The van der Waals surface area contributed by atoms with Gasteiger partial charge in [-0.05, 0) is 35.2 Å². The number of fused-ring (bicyclic) bond motifs is 1. The van der Waals surface area contributed by atoms with Gasteiger partial charge in [0, 0.05) is 19.6 Å². The Labute approximate surface area is 202 Å². The Bertz CT molecular complexity index is 1130. The zero-order chi connectivity index (χ0) is 23.4. The number of halogens is 2. The van der Waals surface area contributed by atoms with Crippen LogP contribution in [0.2, 0.25) is 10.0 Å². The van der Waals surface area contributed by atoms with Crippen LogP contribution >= 0.6 is 23.2 Å². The fourth-order valence-electron chi connectivity index (χ4n) is 3.44. The average molecular weight is 490 g/mol. The number of hydrogen-bond donors (Lipinski definition) is 1. The molecule has 174 valence electrons. The molecule has 0 fully saturated rings. The number of carbonyl (C=O) groups is 1. The van der Waals surface area contributed by atoms with E-state index in [4.69, 9.17) is 37.1 Å². The van der Waals surface area contributed by atoms with E-state index in [0.29, 0.717) is 53.8 Å². The lowest BCUT2D eigenvalue weighted by molar-refractivity contribution is 0.0944. The number of oxazole rings is 1. The molecule has 1 aliphatic rings. The van der Waals surface area contributed by atoms with Gasteiger partial charge in [0.15, 0.2) is 17.2 Å². The Kier molecular flexibility index (Phi) is 7.42. The third kappa shape index (κ3) is 5.99. The molecule has 4 rings (SSSR count). The normalized spacial score (nSPS) is 12.5. The fraction of sp³-hybridized carbons (Fsp3) is 0.333. The van der Waals surface area contributed by atoms with Gasteiger partial charge in [-0.3, -0.25) is 9.69 Å². The Morgan fingerprint density at radius 1 is 1.12 bits per heavy atom. The molecule has 1 aliphatic heterocycles. The molecule has 0 unspecified atom stereocenters. The summed E-state index contributed by atoms with van der Waals surface area (Å²) in [5.74, 6) is 1.98. The first-order valence-electron chi connectivity index (χ1n) is 10.7. The maximum Gasteiger partial charge on any atom is 0.273 e. The first-order chi connectivity index (χ1) is 15.9. The highest BCUT2D eigenvalue weighted by Gasteiger charge is 2.19. The van der Waals surface area contributed by atoms with Crippen LogP contribution in [0.5, 0.6) is 11.5 Å². The molecular weight excluding hydrogens is 465 g/mol. The minimum atomic E-state index is -0.251. The molecule has 1 aromatic heterocycles. The van der Waals surface area contributed by atoms with E-state index in [-0.39, 0.29) is 18.4 Å². The minimum Gasteiger partial charge on any atom is -0.454 e. The average Bonchev–Trinajstić information content (AvgIpc) is 3.44. The predicted molar refractivity (Wildman–Crippen MR) is 126 cm³/mol. The van der Waals surface area contributed by atoms with E-state index < -0.39 is 0 Å². The molecule has 0 atom stereocenters. The standard InChI is InChI=1S/C24H25Cl2N3O4/c1-15(2)9-27-24(30)19-13-31-22(28-19)12-29(11-17-4-3-5-18(25)23(17)26)10-16-6-7-20-21(8-16)33-14-32-20/h3-8,13,15H,9-12,14H2,1-2H3,(H,27,30). The van der Waals surface area contributed by atoms with Crippen LogP contribution in [-0.2, 0) is 19.6 Å². The molecule has 1 amide bonds. The smallest absolute Gasteiger partial charge is 0.273 e. The monoisotopic (exact) mass is 489 g/mol. The van der Waals surface area contributed by atoms with E-state index in [0.717, 1.165) is 16.9 Å². The van der Waals surface area contributed by atoms with E-state index in [1.54, 1.807) is 6.07 Å². The maximum absolute atomic E-state index is 12.3. The van der Waals surface area contributed by atoms with Gasteiger partial charge < -0.3 is 19.2 Å². The summed E-state index contributed by atoms with van der Waals surface area (Å²) in [5.41, 5.74) is 2.17. The van der Waals surface area contributed by atoms with Gasteiger partial charge in [-0.1, -0.05) is 55.2 Å². The lowest BCUT2D eigenvalue weighted by Crippen LogP contribution is -2.27. The van der Waals surface area contributed by atoms with Crippen LogP contribution in [0.25, 0.3) is 0 Å². The summed E-state index contributed by atoms with van der Waals surface area (Å²) in [7, 11) is 0. The highest BCUT2D eigenvalue weighted by atomic mass is 35.5. The van der Waals surface area contributed by atoms with Crippen molar-refractivity contribution in [2.45, 2.75) is 33.5 Å². The molecule has 0 saturated carbocycles. The van der Waals surface area contributed by atoms with E-state index in [1.165, 1.54) is 6.26 Å². The van der Waals surface area contributed by atoms with E-state index in [2.05, 4.69) is 15.2 Å². The molecule has 0 spiro atoms. The van der Waals surface area contributed by atoms with Crippen molar-refractivity contribution < 1.29 is 18.7 Å². The van der Waals surface area contributed by atoms with E-state index in [9.17, 15) is 4.79 Å². The van der Waals surface area contributed by atoms with Gasteiger partial charge in [-0.2, -0.15) is 0 Å². The quantitative estimate of drug-likeness (QED) is 0.439. The van der Waals surface area contributed by atoms with Crippen LogP contribution in [0, 0.1) is 5.92 Å². The minimum absolute atomic E-state index is 0.221. The van der Waals surface area contributed by atoms with Crippen molar-refractivity contribution in [1.82, 2.24) is 15.2 Å². The Morgan fingerprint density at radius 3 is 2.76 bits per heavy atom. The van der Waals surface area contributed by atoms with Crippen LogP contribution in [-0.4, -0.2) is 29.1 Å². The second kappa shape index (κ2) is 10.5. The van der Waals surface area contributed by atoms with Gasteiger partial charge >= 0.3 is 0 Å². The molecule has 0 radical (unpaired) electrons. The van der Waals surface area contributed by atoms with E-state index in [1.807, 2.05) is 44.2 Å². The van der Waals surface area contributed by atoms with Crippen molar-refractivity contribution in [2.75, 3.05) is 13.3 Å². The first kappa shape index (κ1) is 23.4. The molecule has 0 saturated heterocycles. The SMILES string of the molecule is CC(C)CNC(=O)c1coc(CN(Cc2ccc3c(c2)OCO3)Cc2cccc(Cl)c2Cl)n1. The van der Waals surface area contributed by atoms with Crippen molar-refractivity contribution in [3.05, 3.63) is 75.4 Å². The molecule has 7 nitrogen and oxygen atoms in total. The zero-order valence-corrected chi connectivity index (χ0v) is 19.9. The van der Waals surface area contributed by atoms with Crippen molar-refractivity contribution in [3.63, 3.8) is 0 Å². The van der Waals surface area contributed by atoms with Crippen LogP contribution in [0.15, 0.2) is 47.1 Å². The lowest BCUT2D eigenvalue weighted by Gasteiger charge is -2.22. The topological polar surface area (TPSA) is 76.8 Å². The molecule has 0 aliphatic carbocycles. The third-order valence-corrected chi connectivity index (χ3v) is 5.94. The Hall–Kier alpha value is -2.74. The second-order valence-electron chi connectivity index (χ2n) is 8.28. The second-order valence-corrected chi connectivity index (χ2v) is 9.06. The molecule has 2 aromatic carbocycles. The Balaban J connectivity index is 1.52. The summed E-state index contributed by atoms with van der Waals surface area (Å²) in [6.07, 6.45) is 1.39. The van der Waals surface area contributed by atoms with Crippen LogP contribution < -0.4 is 14.8 Å². The maximum atomic E-state index is 12.3. The number of hydrogen-bond acceptors (Lipinski definition) is 6. The van der Waals surface area contributed by atoms with Crippen molar-refractivity contribution in [2.24, 2.45) is 5.92 Å². The van der Waals surface area contributed by atoms with E-state index >= 15 is 0 Å². The largest absolute Gasteiger partial charge is 0.454 e. The van der Waals surface area contributed by atoms with Gasteiger partial charge in [0.05, 0.1) is 16.6 Å². The molecule has 9 heteroatoms. The summed E-state index contributed by atoms with van der Waals surface area (Å²) in [6.45, 7) is 6.30. The van der Waals surface area contributed by atoms with Gasteiger partial charge in [-0.15, -0.1) is 0 Å². The molecule has 2 heterocycles. The van der Waals surface area contributed by atoms with Gasteiger partial charge in [0.25, 0.3) is 5.91 Å². The Morgan fingerprint density at radius 2 is 1.94 bits per heavy atom. The number of nitrogens with zero attached hydrogens (tertiary/aromatic N) is 2. The first-order valence-corrected chi connectivity index (χ1v) is 11.4. The zero-order valence-electron chi connectivity index (χ0n) is 18.4. The summed E-state index contributed by atoms with van der Waals surface area (Å²) in [4.78, 5) is 18.8. The highest BCUT2D eigenvalue weighted by Crippen LogP contribution is 2.33. The summed E-state index contributed by atoms with van der Waals surface area (Å²) < 4.78 is 16.5. The van der Waals surface area contributed by atoms with Crippen molar-refractivity contribution in [1.29, 1.82) is 0 Å². The molecule has 33 heavy (non-hydrogen) atoms. The number of aromatic nitrogens is 1. The number of carbonyl (C=O) groups excluding carboxylic acids is 1. The molecule has 3 aromatic rings. The summed E-state index contributed by atoms with van der Waals surface area (Å²) in [6, 6.07) is 11.4. The number of ether oxygens (including phenoxy) is 2. The molecular formula is C24H25Cl2N3O4. The number of nitrogens with one attached hydrogen (secondary N) is 1. The lowest BCUT2D eigenvalue weighted by atomic mass is 10.1. The summed E-state index contributed by atoms with van der Waals surface area (Å²) >= 11 is 12.7. The van der Waals surface area contributed by atoms with Crippen LogP contribution in [0.3, 0.4) is 0 Å². The molecule has 0 bridgehead atoms. The van der Waals surface area contributed by atoms with Crippen molar-refractivity contribution >= 4 is 29.1 Å². The van der Waals surface area contributed by atoms with Gasteiger partial charge in [0.1, 0.15) is 6.26 Å². The fourth-order valence-corrected chi connectivity index (χ4v) is 3.82.